The Bertz CT molecular complexity index is 4290. The van der Waals surface area contributed by atoms with Crippen LogP contribution in [0.15, 0.2) is 78.9 Å². The maximum Gasteiger partial charge on any atom is 0.330 e. The third-order valence-corrected chi connectivity index (χ3v) is 21.1. The summed E-state index contributed by atoms with van der Waals surface area (Å²) in [5.41, 5.74) is 8.11. The number of hydrogen-bond acceptors (Lipinski definition) is 25. The number of hydrogen-bond donors (Lipinski definition) is 19. The molecule has 18 atom stereocenters. The highest BCUT2D eigenvalue weighted by Crippen LogP contribution is 2.50. The Labute approximate surface area is 654 Å². The number of halogens is 2. The molecule has 5 aromatic rings. The van der Waals surface area contributed by atoms with Gasteiger partial charge in [0, 0.05) is 34.7 Å². The summed E-state index contributed by atoms with van der Waals surface area (Å²) < 4.78 is 39.4. The molecule has 0 aromatic heterocycles. The fourth-order valence-corrected chi connectivity index (χ4v) is 14.9. The number of fused-ring (bicyclic) bond motifs is 15. The first-order valence-corrected chi connectivity index (χ1v) is 37.9. The number of aliphatic hydroxyl groups is 6. The molecule has 7 amide bonds. The van der Waals surface area contributed by atoms with Crippen LogP contribution in [0.4, 0.5) is 0 Å². The SMILES string of the molecule is CCCCCCCCCCCCN[C@@]1(C)C[C@H](O[C@H]2[C@H](Oc3c4cc5cc3Oc3ccc(cc3Cl)[C@@H](O)[C@@H](NC(=O)[C@H](N)CC(C)C)C(=O)N[C@@H](CC(N)=O)C(=O)N[C@H]5C(=O)N[C@H]3C(=O)N[C@H](C(=O)N[C@H](C(=O)O)c5cc(O)cc(O)c5-c5cc3ccc5O)[C@H](O)c3ccc(c(Cl)c3)O4)O[C@H](CO)[C@@H](O)[C@@H]2O)O[C@@H](C)[C@H]1O. The van der Waals surface area contributed by atoms with Gasteiger partial charge in [-0.1, -0.05) is 120 Å². The fourth-order valence-electron chi connectivity index (χ4n) is 14.4. The number of aromatic hydroxyl groups is 3. The van der Waals surface area contributed by atoms with Gasteiger partial charge in [-0.25, -0.2) is 4.79 Å². The number of aliphatic hydroxyl groups excluding tert-OH is 6. The zero-order valence-electron chi connectivity index (χ0n) is 62.1. The molecule has 7 aliphatic rings. The molecule has 21 N–H and O–H groups in total. The number of carboxylic acids is 1. The molecule has 0 aliphatic carbocycles. The van der Waals surface area contributed by atoms with Crippen LogP contribution in [0, 0.1) is 5.92 Å². The number of amides is 7. The van der Waals surface area contributed by atoms with Gasteiger partial charge in [-0.05, 0) is 116 Å². The van der Waals surface area contributed by atoms with E-state index in [0.717, 1.165) is 98.8 Å². The lowest BCUT2D eigenvalue weighted by atomic mass is 9.84. The summed E-state index contributed by atoms with van der Waals surface area (Å²) in [6.07, 6.45) is -7.37. The van der Waals surface area contributed by atoms with Crippen molar-refractivity contribution in [1.29, 1.82) is 0 Å². The van der Waals surface area contributed by atoms with Crippen LogP contribution < -0.4 is 62.9 Å². The maximum absolute atomic E-state index is 16.1. The van der Waals surface area contributed by atoms with Gasteiger partial charge in [0.2, 0.25) is 53.4 Å². The van der Waals surface area contributed by atoms with Gasteiger partial charge in [-0.3, -0.25) is 33.6 Å². The second-order valence-corrected chi connectivity index (χ2v) is 30.3. The van der Waals surface area contributed by atoms with Gasteiger partial charge in [-0.15, -0.1) is 0 Å². The van der Waals surface area contributed by atoms with E-state index in [1.165, 1.54) is 44.2 Å². The number of unbranched alkanes of at least 4 members (excludes halogenated alkanes) is 9. The third kappa shape index (κ3) is 19.9. The van der Waals surface area contributed by atoms with Crippen molar-refractivity contribution in [2.24, 2.45) is 17.4 Å². The van der Waals surface area contributed by atoms with Gasteiger partial charge in [0.05, 0.1) is 41.3 Å². The van der Waals surface area contributed by atoms with E-state index in [0.29, 0.717) is 6.54 Å². The highest BCUT2D eigenvalue weighted by atomic mass is 35.5. The van der Waals surface area contributed by atoms with Crippen molar-refractivity contribution in [3.63, 3.8) is 0 Å². The zero-order chi connectivity index (χ0) is 81.3. The summed E-state index contributed by atoms with van der Waals surface area (Å²) in [6.45, 7) is 8.62. The lowest BCUT2D eigenvalue weighted by Crippen LogP contribution is -2.65. The minimum absolute atomic E-state index is 0.0771. The van der Waals surface area contributed by atoms with E-state index in [2.05, 4.69) is 44.1 Å². The number of phenolic OH excluding ortho intramolecular Hbond substituents is 3. The van der Waals surface area contributed by atoms with E-state index in [4.69, 9.17) is 63.1 Å². The van der Waals surface area contributed by atoms with Crippen molar-refractivity contribution in [2.45, 2.75) is 227 Å². The molecule has 12 rings (SSSR count). The lowest BCUT2D eigenvalue weighted by molar-refractivity contribution is -0.334. The standard InChI is InChI=1S/C77H97Cl2N9O24/c1-6-7-8-9-10-11-12-13-14-15-22-82-77(5)32-55(107-35(4)68(77)98)111-67-65(97)64(96)53(33-89)110-76(67)112-66-51-27-39-28-52(66)109-50-21-18-38(26-44(50)79)63(95)61-74(104)86-59(75(105)106)42-29-40(90)30-48(92)56(42)41-24-36(16-19-47(41)91)57(71(101)88-61)85-72(102)58(39)84-70(100)46(31-54(81)93)83-73(103)60(87-69(99)45(80)23-34(2)3)62(94)37-17-20-49(108-51)43(78)25-37/h16-21,24-30,34-35,45-46,53,55,57-65,67-68,76,82,89-92,94-98H,6-15,22-23,31-33,80H2,1-5H3,(H2,81,93)(H,83,103)(H,84,100)(H,85,102)(H,86,104)(H,87,99)(H,88,101)(H,105,106)/t35-,45+,46-,53+,55-,57+,58+,59-,60+,61-,62+,63+,64+,65-,67+,68+,76-,77-/m0/s1. The topological polar surface area (TPSA) is 530 Å². The highest BCUT2D eigenvalue weighted by Gasteiger charge is 2.52. The molecule has 112 heavy (non-hydrogen) atoms. The molecule has 2 saturated heterocycles. The molecule has 608 valence electrons. The van der Waals surface area contributed by atoms with Crippen LogP contribution >= 0.6 is 23.2 Å². The first-order valence-electron chi connectivity index (χ1n) is 37.2. The highest BCUT2D eigenvalue weighted by molar-refractivity contribution is 6.32. The zero-order valence-corrected chi connectivity index (χ0v) is 63.6. The van der Waals surface area contributed by atoms with Crippen LogP contribution in [0.5, 0.6) is 46.0 Å². The third-order valence-electron chi connectivity index (χ3n) is 20.5. The predicted molar refractivity (Wildman–Crippen MR) is 400 cm³/mol. The van der Waals surface area contributed by atoms with Gasteiger partial charge in [0.25, 0.3) is 0 Å². The van der Waals surface area contributed by atoms with E-state index >= 15 is 14.4 Å². The number of carboxylic acid groups (broad SMARTS) is 1. The van der Waals surface area contributed by atoms with Gasteiger partial charge in [0.1, 0.15) is 89.5 Å². The van der Waals surface area contributed by atoms with Crippen molar-refractivity contribution >= 4 is 70.5 Å². The van der Waals surface area contributed by atoms with Crippen LogP contribution in [0.1, 0.15) is 176 Å². The molecule has 5 aromatic carbocycles. The Kier molecular flexibility index (Phi) is 28.3. The average Bonchev–Trinajstić information content (AvgIpc) is 0.771. The number of primary amides is 1. The first-order chi connectivity index (χ1) is 53.2. The Balaban J connectivity index is 1.16. The number of nitrogens with two attached hydrogens (primary N) is 2. The van der Waals surface area contributed by atoms with Crippen molar-refractivity contribution in [2.75, 3.05) is 13.2 Å². The second kappa shape index (κ2) is 37.2. The molecule has 33 nitrogen and oxygen atoms in total. The lowest BCUT2D eigenvalue weighted by Gasteiger charge is -2.48. The van der Waals surface area contributed by atoms with Gasteiger partial charge in [0.15, 0.2) is 29.9 Å². The number of carbonyl (C=O) groups excluding carboxylic acids is 7. The summed E-state index contributed by atoms with van der Waals surface area (Å²) in [4.78, 5) is 117. The molecular weight excluding hydrogens is 1510 g/mol. The number of ether oxygens (including phenoxy) is 6. The van der Waals surface area contributed by atoms with E-state index in [1.807, 2.05) is 0 Å². The summed E-state index contributed by atoms with van der Waals surface area (Å²) in [6, 6.07) is -0.898. The van der Waals surface area contributed by atoms with E-state index in [-0.39, 0.29) is 52.0 Å². The molecule has 0 spiro atoms. The van der Waals surface area contributed by atoms with E-state index in [9.17, 15) is 75.0 Å². The number of aliphatic carboxylic acids is 1. The molecule has 0 saturated carbocycles. The van der Waals surface area contributed by atoms with Gasteiger partial charge >= 0.3 is 5.97 Å². The normalized spacial score (nSPS) is 27.7. The largest absolute Gasteiger partial charge is 0.508 e. The quantitative estimate of drug-likeness (QED) is 0.0381. The molecule has 0 radical (unpaired) electrons. The molecule has 11 bridgehead atoms. The second-order valence-electron chi connectivity index (χ2n) is 29.5. The van der Waals surface area contributed by atoms with Crippen LogP contribution in [0.25, 0.3) is 11.1 Å². The number of nitrogens with one attached hydrogen (secondary N) is 7. The van der Waals surface area contributed by atoms with E-state index < -0.39 is 231 Å². The molecule has 0 unspecified atom stereocenters. The van der Waals surface area contributed by atoms with E-state index in [1.54, 1.807) is 27.7 Å². The van der Waals surface area contributed by atoms with Crippen LogP contribution in [0.3, 0.4) is 0 Å². The summed E-state index contributed by atoms with van der Waals surface area (Å²) in [5, 5.41) is 133. The number of benzene rings is 5. The smallest absolute Gasteiger partial charge is 0.330 e. The average molecular weight is 1600 g/mol. The van der Waals surface area contributed by atoms with Crippen molar-refractivity contribution in [1.82, 2.24) is 37.2 Å². The van der Waals surface area contributed by atoms with Crippen molar-refractivity contribution in [3.05, 3.63) is 117 Å². The Hall–Kier alpha value is -9.20. The molecule has 35 heteroatoms. The van der Waals surface area contributed by atoms with Crippen LogP contribution in [0.2, 0.25) is 10.0 Å². The van der Waals surface area contributed by atoms with Crippen molar-refractivity contribution in [3.8, 4) is 57.1 Å². The molecule has 7 aliphatic heterocycles. The number of rotatable bonds is 24. The minimum atomic E-state index is -2.35. The summed E-state index contributed by atoms with van der Waals surface area (Å²) in [7, 11) is 0. The molecular formula is C77H97Cl2N9O24. The maximum atomic E-state index is 16.1. The molecule has 7 heterocycles. The number of carbonyl (C=O) groups is 8. The number of phenols is 3. The monoisotopic (exact) mass is 1600 g/mol. The van der Waals surface area contributed by atoms with Crippen LogP contribution in [-0.4, -0.2) is 190 Å². The van der Waals surface area contributed by atoms with Gasteiger partial charge in [-0.2, -0.15) is 0 Å². The Morgan fingerprint density at radius 1 is 0.670 bits per heavy atom. The van der Waals surface area contributed by atoms with Crippen molar-refractivity contribution < 1.29 is 118 Å². The molecule has 2 fully saturated rings. The Morgan fingerprint density at radius 3 is 1.86 bits per heavy atom. The predicted octanol–water partition coefficient (Wildman–Crippen LogP) is 4.40. The fraction of sp³-hybridized carbons (Fsp3) is 0.506. The summed E-state index contributed by atoms with van der Waals surface area (Å²) >= 11 is 14.2. The minimum Gasteiger partial charge on any atom is -0.508 e. The first kappa shape index (κ1) is 85.2. The Morgan fingerprint density at radius 2 is 1.26 bits per heavy atom. The van der Waals surface area contributed by atoms with Crippen LogP contribution in [-0.2, 0) is 52.6 Å². The van der Waals surface area contributed by atoms with Gasteiger partial charge < -0.3 is 128 Å². The summed E-state index contributed by atoms with van der Waals surface area (Å²) in [5.74, 6) is -16.1.